The first-order chi connectivity index (χ1) is 15.0. The van der Waals surface area contributed by atoms with E-state index in [1.165, 1.54) is 7.11 Å². The highest BCUT2D eigenvalue weighted by atomic mass is 16.5. The van der Waals surface area contributed by atoms with Gasteiger partial charge in [-0.3, -0.25) is 14.2 Å². The van der Waals surface area contributed by atoms with Crippen molar-refractivity contribution in [1.29, 1.82) is 0 Å². The summed E-state index contributed by atoms with van der Waals surface area (Å²) >= 11 is 0. The number of carbonyl (C=O) groups is 1. The lowest BCUT2D eigenvalue weighted by molar-refractivity contribution is 0.0952. The van der Waals surface area contributed by atoms with Crippen LogP contribution in [0, 0.1) is 0 Å². The van der Waals surface area contributed by atoms with E-state index in [9.17, 15) is 9.59 Å². The highest BCUT2D eigenvalue weighted by molar-refractivity contribution is 5.97. The molecule has 0 unspecified atom stereocenters. The van der Waals surface area contributed by atoms with Gasteiger partial charge in [-0.2, -0.15) is 0 Å². The molecule has 0 fully saturated rings. The highest BCUT2D eigenvalue weighted by Gasteiger charge is 2.15. The molecule has 1 amide bonds. The second kappa shape index (κ2) is 8.51. The van der Waals surface area contributed by atoms with Gasteiger partial charge in [0.2, 0.25) is 0 Å². The number of fused-ring (bicyclic) bond motifs is 2. The second-order valence-corrected chi connectivity index (χ2v) is 7.10. The van der Waals surface area contributed by atoms with E-state index in [0.717, 1.165) is 10.9 Å². The molecule has 0 atom stereocenters. The lowest BCUT2D eigenvalue weighted by Gasteiger charge is -2.15. The molecule has 8 nitrogen and oxygen atoms in total. The Kier molecular flexibility index (Phi) is 5.62. The van der Waals surface area contributed by atoms with E-state index in [4.69, 9.17) is 9.47 Å². The van der Waals surface area contributed by atoms with Crippen LogP contribution in [-0.2, 0) is 13.0 Å². The zero-order valence-corrected chi connectivity index (χ0v) is 17.7. The number of benzene rings is 2. The monoisotopic (exact) mass is 420 g/mol. The van der Waals surface area contributed by atoms with Gasteiger partial charge in [-0.1, -0.05) is 13.0 Å². The number of hydrogen-bond donors (Lipinski definition) is 2. The molecule has 8 heteroatoms. The third-order valence-corrected chi connectivity index (χ3v) is 5.29. The average Bonchev–Trinajstić information content (AvgIpc) is 3.27. The van der Waals surface area contributed by atoms with Gasteiger partial charge in [0.05, 0.1) is 25.1 Å². The number of methoxy groups -OCH3 is 2. The van der Waals surface area contributed by atoms with Crippen molar-refractivity contribution in [2.45, 2.75) is 19.9 Å². The van der Waals surface area contributed by atoms with Crippen LogP contribution in [0.3, 0.4) is 0 Å². The maximum Gasteiger partial charge on any atom is 0.261 e. The smallest absolute Gasteiger partial charge is 0.261 e. The normalized spacial score (nSPS) is 11.1. The molecule has 0 aliphatic carbocycles. The number of nitrogens with one attached hydrogen (secondary N) is 2. The van der Waals surface area contributed by atoms with Crippen LogP contribution in [0.15, 0.2) is 47.4 Å². The topological polar surface area (TPSA) is 98.2 Å². The number of aromatic nitrogens is 3. The Hall–Kier alpha value is -3.81. The largest absolute Gasteiger partial charge is 0.493 e. The lowest BCUT2D eigenvalue weighted by Crippen LogP contribution is -2.33. The molecule has 0 bridgehead atoms. The molecule has 0 aliphatic rings. The van der Waals surface area contributed by atoms with Crippen LogP contribution in [0.25, 0.3) is 21.8 Å². The van der Waals surface area contributed by atoms with Gasteiger partial charge in [-0.25, -0.2) is 4.98 Å². The summed E-state index contributed by atoms with van der Waals surface area (Å²) in [5, 5.41) is 4.38. The summed E-state index contributed by atoms with van der Waals surface area (Å²) in [7, 11) is 3.07. The van der Waals surface area contributed by atoms with Crippen molar-refractivity contribution in [3.8, 4) is 11.5 Å². The molecular formula is C23H24N4O4. The number of aryl methyl sites for hydroxylation is 1. The number of H-pyrrole nitrogens is 1. The molecule has 160 valence electrons. The number of amides is 1. The first kappa shape index (κ1) is 20.5. The summed E-state index contributed by atoms with van der Waals surface area (Å²) < 4.78 is 12.2. The van der Waals surface area contributed by atoms with Gasteiger partial charge in [0.25, 0.3) is 11.5 Å². The summed E-state index contributed by atoms with van der Waals surface area (Å²) in [6.07, 6.45) is 2.42. The molecule has 31 heavy (non-hydrogen) atoms. The highest BCUT2D eigenvalue weighted by Crippen LogP contribution is 2.30. The first-order valence-corrected chi connectivity index (χ1v) is 10.1. The predicted octanol–water partition coefficient (Wildman–Crippen LogP) is 2.89. The summed E-state index contributed by atoms with van der Waals surface area (Å²) in [5.41, 5.74) is 1.84. The first-order valence-electron chi connectivity index (χ1n) is 10.1. The molecule has 2 heterocycles. The van der Waals surface area contributed by atoms with Gasteiger partial charge in [-0.15, -0.1) is 0 Å². The summed E-state index contributed by atoms with van der Waals surface area (Å²) in [6, 6.07) is 10.8. The fourth-order valence-corrected chi connectivity index (χ4v) is 3.67. The van der Waals surface area contributed by atoms with Crippen molar-refractivity contribution in [2.75, 3.05) is 20.8 Å². The Morgan fingerprint density at radius 3 is 2.65 bits per heavy atom. The van der Waals surface area contributed by atoms with Crippen molar-refractivity contribution in [2.24, 2.45) is 0 Å². The van der Waals surface area contributed by atoms with Crippen LogP contribution in [0.4, 0.5) is 0 Å². The Morgan fingerprint density at radius 1 is 1.13 bits per heavy atom. The number of nitrogens with zero attached hydrogens (tertiary/aromatic N) is 2. The van der Waals surface area contributed by atoms with E-state index >= 15 is 0 Å². The van der Waals surface area contributed by atoms with Crippen molar-refractivity contribution < 1.29 is 14.3 Å². The Bertz CT molecular complexity index is 1320. The van der Waals surface area contributed by atoms with Gasteiger partial charge in [-0.05, 0) is 29.7 Å². The van der Waals surface area contributed by atoms with E-state index < -0.39 is 0 Å². The minimum atomic E-state index is -0.192. The zero-order valence-electron chi connectivity index (χ0n) is 17.7. The number of ether oxygens (including phenoxy) is 2. The Labute approximate surface area is 178 Å². The van der Waals surface area contributed by atoms with E-state index in [0.29, 0.717) is 53.3 Å². The number of aromatic amines is 1. The van der Waals surface area contributed by atoms with Crippen LogP contribution in [0.1, 0.15) is 23.1 Å². The minimum absolute atomic E-state index is 0.176. The van der Waals surface area contributed by atoms with Crippen LogP contribution >= 0.6 is 0 Å². The Balaban J connectivity index is 1.57. The third kappa shape index (κ3) is 3.84. The predicted molar refractivity (Wildman–Crippen MR) is 119 cm³/mol. The molecule has 2 N–H and O–H groups in total. The fraction of sp³-hybridized carbons (Fsp3) is 0.261. The van der Waals surface area contributed by atoms with Crippen molar-refractivity contribution >= 4 is 27.7 Å². The molecule has 0 saturated heterocycles. The maximum atomic E-state index is 13.1. The van der Waals surface area contributed by atoms with Crippen LogP contribution in [0.2, 0.25) is 0 Å². The number of hydrogen-bond acceptors (Lipinski definition) is 5. The zero-order chi connectivity index (χ0) is 22.0. The van der Waals surface area contributed by atoms with Gasteiger partial charge in [0, 0.05) is 42.9 Å². The SMILES string of the molecule is CCc1nc2cc(OC)c(OC)cc2c(=O)n1CCNC(=O)c1ccc2cc[nH]c2c1. The van der Waals surface area contributed by atoms with E-state index in [-0.39, 0.29) is 11.5 Å². The van der Waals surface area contributed by atoms with Gasteiger partial charge in [0.1, 0.15) is 5.82 Å². The second-order valence-electron chi connectivity index (χ2n) is 7.10. The molecule has 0 spiro atoms. The molecule has 0 aliphatic heterocycles. The molecular weight excluding hydrogens is 396 g/mol. The standard InChI is InChI=1S/C23H24N4O4/c1-4-21-26-18-13-20(31-3)19(30-2)12-16(18)23(29)27(21)10-9-25-22(28)15-6-5-14-7-8-24-17(14)11-15/h5-8,11-13,24H,4,9-10H2,1-3H3,(H,25,28). The van der Waals surface area contributed by atoms with E-state index in [1.807, 2.05) is 31.3 Å². The molecule has 2 aromatic carbocycles. The number of rotatable bonds is 7. The maximum absolute atomic E-state index is 13.1. The van der Waals surface area contributed by atoms with Crippen molar-refractivity contribution in [3.05, 3.63) is 64.3 Å². The molecule has 4 aromatic rings. The molecule has 0 saturated carbocycles. The van der Waals surface area contributed by atoms with E-state index in [1.54, 1.807) is 29.9 Å². The molecule has 2 aromatic heterocycles. The minimum Gasteiger partial charge on any atom is -0.493 e. The molecule has 0 radical (unpaired) electrons. The lowest BCUT2D eigenvalue weighted by atomic mass is 10.1. The van der Waals surface area contributed by atoms with E-state index in [2.05, 4.69) is 15.3 Å². The third-order valence-electron chi connectivity index (χ3n) is 5.29. The van der Waals surface area contributed by atoms with Crippen molar-refractivity contribution in [1.82, 2.24) is 19.9 Å². The van der Waals surface area contributed by atoms with Gasteiger partial charge >= 0.3 is 0 Å². The molecule has 4 rings (SSSR count). The van der Waals surface area contributed by atoms with Crippen LogP contribution in [-0.4, -0.2) is 41.2 Å². The Morgan fingerprint density at radius 2 is 1.90 bits per heavy atom. The van der Waals surface area contributed by atoms with Crippen LogP contribution < -0.4 is 20.3 Å². The van der Waals surface area contributed by atoms with Gasteiger partial charge in [0.15, 0.2) is 11.5 Å². The summed E-state index contributed by atoms with van der Waals surface area (Å²) in [6.45, 7) is 2.56. The summed E-state index contributed by atoms with van der Waals surface area (Å²) in [4.78, 5) is 33.4. The number of carbonyl (C=O) groups excluding carboxylic acids is 1. The average molecular weight is 420 g/mol. The van der Waals surface area contributed by atoms with Crippen LogP contribution in [0.5, 0.6) is 11.5 Å². The quantitative estimate of drug-likeness (QED) is 0.479. The van der Waals surface area contributed by atoms with Gasteiger partial charge < -0.3 is 19.8 Å². The fourth-order valence-electron chi connectivity index (χ4n) is 3.67. The van der Waals surface area contributed by atoms with Crippen molar-refractivity contribution in [3.63, 3.8) is 0 Å². The summed E-state index contributed by atoms with van der Waals surface area (Å²) in [5.74, 6) is 1.44.